The van der Waals surface area contributed by atoms with E-state index in [1.807, 2.05) is 12.3 Å². The van der Waals surface area contributed by atoms with E-state index in [9.17, 15) is 0 Å². The Morgan fingerprint density at radius 3 is 3.21 bits per heavy atom. The van der Waals surface area contributed by atoms with Crippen molar-refractivity contribution in [2.24, 2.45) is 0 Å². The Hall–Kier alpha value is -1.55. The van der Waals surface area contributed by atoms with Gasteiger partial charge in [-0.2, -0.15) is 5.10 Å². The first-order valence-corrected chi connectivity index (χ1v) is 4.67. The molecule has 0 amide bonds. The van der Waals surface area contributed by atoms with Gasteiger partial charge >= 0.3 is 0 Å². The third kappa shape index (κ3) is 1.70. The van der Waals surface area contributed by atoms with Crippen molar-refractivity contribution in [2.75, 3.05) is 6.54 Å². The molecule has 0 unspecified atom stereocenters. The molecule has 2 heterocycles. The number of aromatic nitrogens is 2. The van der Waals surface area contributed by atoms with Gasteiger partial charge in [0, 0.05) is 17.7 Å². The molecule has 14 heavy (non-hydrogen) atoms. The van der Waals surface area contributed by atoms with E-state index in [0.717, 1.165) is 29.9 Å². The van der Waals surface area contributed by atoms with Gasteiger partial charge in [0.1, 0.15) is 0 Å². The van der Waals surface area contributed by atoms with Crippen LogP contribution in [0.15, 0.2) is 29.2 Å². The lowest BCUT2D eigenvalue weighted by Gasteiger charge is -2.00. The molecule has 0 atom stereocenters. The van der Waals surface area contributed by atoms with Crippen molar-refractivity contribution in [2.45, 2.75) is 13.5 Å². The second kappa shape index (κ2) is 4.11. The summed E-state index contributed by atoms with van der Waals surface area (Å²) < 4.78 is 5.03. The summed E-state index contributed by atoms with van der Waals surface area (Å²) in [6.45, 7) is 3.86. The normalized spacial score (nSPS) is 10.6. The van der Waals surface area contributed by atoms with E-state index in [-0.39, 0.29) is 0 Å². The van der Waals surface area contributed by atoms with Gasteiger partial charge in [0.25, 0.3) is 0 Å². The third-order valence-corrected chi connectivity index (χ3v) is 2.09. The van der Waals surface area contributed by atoms with Crippen LogP contribution in [0.3, 0.4) is 0 Å². The van der Waals surface area contributed by atoms with Crippen molar-refractivity contribution >= 4 is 0 Å². The van der Waals surface area contributed by atoms with Gasteiger partial charge in [-0.3, -0.25) is 5.10 Å². The molecule has 2 aromatic rings. The predicted molar refractivity (Wildman–Crippen MR) is 53.7 cm³/mol. The highest BCUT2D eigenvalue weighted by Gasteiger charge is 2.07. The molecular weight excluding hydrogens is 178 g/mol. The molecule has 0 aromatic carbocycles. The smallest absolute Gasteiger partial charge is 0.0996 e. The van der Waals surface area contributed by atoms with Crippen LogP contribution < -0.4 is 5.32 Å². The Kier molecular flexibility index (Phi) is 2.65. The fourth-order valence-electron chi connectivity index (χ4n) is 1.36. The lowest BCUT2D eigenvalue weighted by molar-refractivity contribution is 0.568. The average Bonchev–Trinajstić information content (AvgIpc) is 2.84. The first-order chi connectivity index (χ1) is 6.92. The van der Waals surface area contributed by atoms with Crippen LogP contribution in [0.4, 0.5) is 0 Å². The summed E-state index contributed by atoms with van der Waals surface area (Å²) in [6.07, 6.45) is 5.21. The van der Waals surface area contributed by atoms with Crippen LogP contribution in [0.25, 0.3) is 11.3 Å². The number of furan rings is 1. The van der Waals surface area contributed by atoms with Crippen molar-refractivity contribution in [3.63, 3.8) is 0 Å². The van der Waals surface area contributed by atoms with Crippen LogP contribution in [0.1, 0.15) is 12.5 Å². The standard InChI is InChI=1S/C10H13N3O/c1-2-11-5-9-6-12-13-10(9)8-3-4-14-7-8/h3-4,6-7,11H,2,5H2,1H3,(H,12,13). The molecule has 0 fully saturated rings. The highest BCUT2D eigenvalue weighted by Crippen LogP contribution is 2.20. The summed E-state index contributed by atoms with van der Waals surface area (Å²) in [5, 5.41) is 10.3. The Morgan fingerprint density at radius 2 is 2.50 bits per heavy atom. The van der Waals surface area contributed by atoms with Gasteiger partial charge in [0.05, 0.1) is 24.4 Å². The molecule has 0 aliphatic heterocycles. The van der Waals surface area contributed by atoms with E-state index in [2.05, 4.69) is 22.4 Å². The fourth-order valence-corrected chi connectivity index (χ4v) is 1.36. The molecule has 0 aliphatic carbocycles. The lowest BCUT2D eigenvalue weighted by atomic mass is 10.1. The number of aromatic amines is 1. The average molecular weight is 191 g/mol. The minimum Gasteiger partial charge on any atom is -0.472 e. The van der Waals surface area contributed by atoms with E-state index in [0.29, 0.717) is 0 Å². The SMILES string of the molecule is CCNCc1cn[nH]c1-c1ccoc1. The number of hydrogen-bond donors (Lipinski definition) is 2. The molecule has 0 radical (unpaired) electrons. The molecular formula is C10H13N3O. The zero-order valence-electron chi connectivity index (χ0n) is 8.08. The molecule has 2 aromatic heterocycles. The van der Waals surface area contributed by atoms with E-state index >= 15 is 0 Å². The van der Waals surface area contributed by atoms with Crippen molar-refractivity contribution in [3.8, 4) is 11.3 Å². The summed E-state index contributed by atoms with van der Waals surface area (Å²) in [6, 6.07) is 1.92. The van der Waals surface area contributed by atoms with Gasteiger partial charge in [-0.15, -0.1) is 0 Å². The van der Waals surface area contributed by atoms with Gasteiger partial charge in [-0.1, -0.05) is 6.92 Å². The van der Waals surface area contributed by atoms with E-state index in [1.54, 1.807) is 12.5 Å². The maximum Gasteiger partial charge on any atom is 0.0996 e. The van der Waals surface area contributed by atoms with Gasteiger partial charge in [0.15, 0.2) is 0 Å². The second-order valence-corrected chi connectivity index (χ2v) is 3.06. The molecule has 2 N–H and O–H groups in total. The van der Waals surface area contributed by atoms with Gasteiger partial charge in [0.2, 0.25) is 0 Å². The van der Waals surface area contributed by atoms with Crippen LogP contribution in [0.5, 0.6) is 0 Å². The van der Waals surface area contributed by atoms with E-state index < -0.39 is 0 Å². The van der Waals surface area contributed by atoms with Crippen molar-refractivity contribution in [1.29, 1.82) is 0 Å². The summed E-state index contributed by atoms with van der Waals surface area (Å²) in [7, 11) is 0. The Labute approximate surface area is 82.3 Å². The highest BCUT2D eigenvalue weighted by atomic mass is 16.3. The number of rotatable bonds is 4. The van der Waals surface area contributed by atoms with E-state index in [1.165, 1.54) is 0 Å². The Bertz CT molecular complexity index is 378. The van der Waals surface area contributed by atoms with Gasteiger partial charge in [-0.25, -0.2) is 0 Å². The zero-order valence-corrected chi connectivity index (χ0v) is 8.08. The molecule has 0 aliphatic rings. The maximum absolute atomic E-state index is 5.03. The monoisotopic (exact) mass is 191 g/mol. The number of nitrogens with one attached hydrogen (secondary N) is 2. The summed E-state index contributed by atoms with van der Waals surface area (Å²) in [4.78, 5) is 0. The first-order valence-electron chi connectivity index (χ1n) is 4.67. The molecule has 0 spiro atoms. The summed E-state index contributed by atoms with van der Waals surface area (Å²) in [5.74, 6) is 0. The Morgan fingerprint density at radius 1 is 1.57 bits per heavy atom. The van der Waals surface area contributed by atoms with Crippen LogP contribution in [0.2, 0.25) is 0 Å². The predicted octanol–water partition coefficient (Wildman–Crippen LogP) is 1.78. The number of hydrogen-bond acceptors (Lipinski definition) is 3. The van der Waals surface area contributed by atoms with Crippen molar-refractivity contribution < 1.29 is 4.42 Å². The molecule has 4 heteroatoms. The first kappa shape index (κ1) is 9.02. The topological polar surface area (TPSA) is 53.9 Å². The molecule has 4 nitrogen and oxygen atoms in total. The number of nitrogens with zero attached hydrogens (tertiary/aromatic N) is 1. The minimum absolute atomic E-state index is 0.827. The molecule has 74 valence electrons. The zero-order chi connectivity index (χ0) is 9.80. The van der Waals surface area contributed by atoms with Crippen molar-refractivity contribution in [3.05, 3.63) is 30.4 Å². The van der Waals surface area contributed by atoms with Gasteiger partial charge in [-0.05, 0) is 12.6 Å². The maximum atomic E-state index is 5.03. The molecule has 0 bridgehead atoms. The molecule has 0 saturated heterocycles. The molecule has 2 rings (SSSR count). The quantitative estimate of drug-likeness (QED) is 0.774. The Balaban J connectivity index is 2.22. The van der Waals surface area contributed by atoms with Crippen LogP contribution in [-0.2, 0) is 6.54 Å². The summed E-state index contributed by atoms with van der Waals surface area (Å²) >= 11 is 0. The second-order valence-electron chi connectivity index (χ2n) is 3.06. The minimum atomic E-state index is 0.827. The third-order valence-electron chi connectivity index (χ3n) is 2.09. The van der Waals surface area contributed by atoms with Crippen molar-refractivity contribution in [1.82, 2.24) is 15.5 Å². The van der Waals surface area contributed by atoms with Gasteiger partial charge < -0.3 is 9.73 Å². The van der Waals surface area contributed by atoms with Crippen LogP contribution in [-0.4, -0.2) is 16.7 Å². The van der Waals surface area contributed by atoms with E-state index in [4.69, 9.17) is 4.42 Å². The van der Waals surface area contributed by atoms with Crippen LogP contribution >= 0.6 is 0 Å². The largest absolute Gasteiger partial charge is 0.472 e. The van der Waals surface area contributed by atoms with Crippen LogP contribution in [0, 0.1) is 0 Å². The lowest BCUT2D eigenvalue weighted by Crippen LogP contribution is -2.11. The fraction of sp³-hybridized carbons (Fsp3) is 0.300. The summed E-state index contributed by atoms with van der Waals surface area (Å²) in [5.41, 5.74) is 3.23. The highest BCUT2D eigenvalue weighted by molar-refractivity contribution is 5.60. The molecule has 0 saturated carbocycles. The number of H-pyrrole nitrogens is 1.